The predicted octanol–water partition coefficient (Wildman–Crippen LogP) is 7.58. The molecular formula is C35H45N3O2S. The number of hydrogen-bond acceptors (Lipinski definition) is 5. The third kappa shape index (κ3) is 7.73. The molecule has 1 unspecified atom stereocenters. The van der Waals surface area contributed by atoms with E-state index in [0.29, 0.717) is 12.5 Å². The van der Waals surface area contributed by atoms with Crippen molar-refractivity contribution >= 4 is 18.0 Å². The van der Waals surface area contributed by atoms with Crippen LogP contribution in [-0.4, -0.2) is 65.6 Å². The van der Waals surface area contributed by atoms with Gasteiger partial charge in [-0.25, -0.2) is 9.10 Å². The fourth-order valence-electron chi connectivity index (χ4n) is 6.41. The fourth-order valence-corrected chi connectivity index (χ4v) is 7.30. The van der Waals surface area contributed by atoms with E-state index in [1.165, 1.54) is 21.6 Å². The first-order chi connectivity index (χ1) is 19.7. The van der Waals surface area contributed by atoms with E-state index in [-0.39, 0.29) is 11.5 Å². The number of benzene rings is 3. The van der Waals surface area contributed by atoms with E-state index in [1.54, 1.807) is 0 Å². The summed E-state index contributed by atoms with van der Waals surface area (Å²) in [6.45, 7) is 11.4. The van der Waals surface area contributed by atoms with Gasteiger partial charge in [0.05, 0.1) is 0 Å². The number of piperidine rings is 1. The molecule has 5 nitrogen and oxygen atoms in total. The molecular weight excluding hydrogens is 526 g/mol. The van der Waals surface area contributed by atoms with Gasteiger partial charge in [-0.15, -0.1) is 0 Å². The van der Waals surface area contributed by atoms with Crippen molar-refractivity contribution in [1.29, 1.82) is 0 Å². The summed E-state index contributed by atoms with van der Waals surface area (Å²) >= 11 is 1.82. The molecule has 1 spiro atoms. The Morgan fingerprint density at radius 2 is 1.59 bits per heavy atom. The first kappa shape index (κ1) is 29.7. The highest BCUT2D eigenvalue weighted by atomic mass is 32.2. The van der Waals surface area contributed by atoms with Crippen molar-refractivity contribution in [2.45, 2.75) is 68.4 Å². The number of carbonyl (C=O) groups excluding carboxylic acids is 1. The van der Waals surface area contributed by atoms with E-state index in [1.807, 2.05) is 37.6 Å². The molecule has 41 heavy (non-hydrogen) atoms. The summed E-state index contributed by atoms with van der Waals surface area (Å²) < 4.78 is 8.17. The maximum absolute atomic E-state index is 13.1. The van der Waals surface area contributed by atoms with Crippen molar-refractivity contribution < 1.29 is 9.53 Å². The van der Waals surface area contributed by atoms with E-state index in [4.69, 9.17) is 4.74 Å². The van der Waals surface area contributed by atoms with Crippen molar-refractivity contribution in [2.24, 2.45) is 0 Å². The van der Waals surface area contributed by atoms with Crippen LogP contribution in [0.2, 0.25) is 0 Å². The molecule has 1 saturated heterocycles. The van der Waals surface area contributed by atoms with Gasteiger partial charge in [-0.3, -0.25) is 0 Å². The van der Waals surface area contributed by atoms with Crippen LogP contribution in [0.4, 0.5) is 4.79 Å². The van der Waals surface area contributed by atoms with Crippen LogP contribution in [0.25, 0.3) is 0 Å². The predicted molar refractivity (Wildman–Crippen MR) is 169 cm³/mol. The zero-order valence-corrected chi connectivity index (χ0v) is 25.9. The number of likely N-dealkylation sites (tertiary alicyclic amines) is 1. The van der Waals surface area contributed by atoms with Crippen molar-refractivity contribution in [1.82, 2.24) is 14.1 Å². The van der Waals surface area contributed by atoms with Crippen molar-refractivity contribution in [3.8, 4) is 0 Å². The molecule has 1 amide bonds. The minimum atomic E-state index is -0.493. The summed E-state index contributed by atoms with van der Waals surface area (Å²) in [5.74, 6) is 0.464. The molecule has 218 valence electrons. The van der Waals surface area contributed by atoms with Gasteiger partial charge in [-0.1, -0.05) is 72.8 Å². The Hall–Kier alpha value is -2.80. The second kappa shape index (κ2) is 13.0. The molecule has 0 radical (unpaired) electrons. The van der Waals surface area contributed by atoms with Crippen LogP contribution in [0.5, 0.6) is 0 Å². The van der Waals surface area contributed by atoms with Gasteiger partial charge in [-0.05, 0) is 113 Å². The second-order valence-corrected chi connectivity index (χ2v) is 14.0. The molecule has 3 aromatic rings. The van der Waals surface area contributed by atoms with E-state index in [0.717, 1.165) is 52.0 Å². The number of carbonyl (C=O) groups is 1. The number of likely N-dealkylation sites (N-methyl/N-ethyl adjacent to an activating group) is 1. The standard InChI is InChI=1S/C35H45N3O2S/c1-34(2,3)40-33(39)38-26-30-15-11-12-18-32(30)35(27-38)20-23-37(24-21-35)22-19-29(28-13-7-5-8-14-28)25-36(4)41-31-16-9-6-10-17-31/h5-18,29H,19-27H2,1-4H3. The van der Waals surface area contributed by atoms with Crippen LogP contribution in [0.1, 0.15) is 62.6 Å². The first-order valence-electron chi connectivity index (χ1n) is 15.0. The number of ether oxygens (including phenoxy) is 1. The second-order valence-electron chi connectivity index (χ2n) is 12.7. The molecule has 0 bridgehead atoms. The van der Waals surface area contributed by atoms with Gasteiger partial charge in [0.2, 0.25) is 0 Å². The van der Waals surface area contributed by atoms with Gasteiger partial charge < -0.3 is 14.5 Å². The van der Waals surface area contributed by atoms with E-state index in [9.17, 15) is 4.79 Å². The molecule has 0 aromatic heterocycles. The fraction of sp³-hybridized carbons (Fsp3) is 0.457. The summed E-state index contributed by atoms with van der Waals surface area (Å²) in [4.78, 5) is 19.0. The molecule has 6 heteroatoms. The number of nitrogens with zero attached hydrogens (tertiary/aromatic N) is 3. The van der Waals surface area contributed by atoms with Crippen LogP contribution < -0.4 is 0 Å². The molecule has 2 aliphatic heterocycles. The lowest BCUT2D eigenvalue weighted by molar-refractivity contribution is 0.0104. The molecule has 0 N–H and O–H groups in total. The van der Waals surface area contributed by atoms with E-state index >= 15 is 0 Å². The summed E-state index contributed by atoms with van der Waals surface area (Å²) in [5, 5.41) is 0. The topological polar surface area (TPSA) is 36.0 Å². The van der Waals surface area contributed by atoms with Crippen molar-refractivity contribution in [2.75, 3.05) is 39.8 Å². The van der Waals surface area contributed by atoms with Crippen LogP contribution in [0.3, 0.4) is 0 Å². The molecule has 0 saturated carbocycles. The van der Waals surface area contributed by atoms with Crippen molar-refractivity contribution in [3.05, 3.63) is 102 Å². The number of rotatable bonds is 8. The van der Waals surface area contributed by atoms with E-state index < -0.39 is 5.60 Å². The van der Waals surface area contributed by atoms with Gasteiger partial charge in [0.15, 0.2) is 0 Å². The number of amides is 1. The van der Waals surface area contributed by atoms with Gasteiger partial charge in [-0.2, -0.15) is 0 Å². The highest BCUT2D eigenvalue weighted by Gasteiger charge is 2.43. The van der Waals surface area contributed by atoms with Gasteiger partial charge in [0, 0.05) is 29.9 Å². The summed E-state index contributed by atoms with van der Waals surface area (Å²) in [7, 11) is 2.20. The Kier molecular flexibility index (Phi) is 9.42. The van der Waals surface area contributed by atoms with Crippen LogP contribution in [0.15, 0.2) is 89.8 Å². The SMILES string of the molecule is CN(CC(CCN1CCC2(CC1)CN(C(=O)OC(C)(C)C)Cc1ccccc12)c1ccccc1)Sc1ccccc1. The Morgan fingerprint density at radius 1 is 0.951 bits per heavy atom. The number of hydrogen-bond donors (Lipinski definition) is 0. The average Bonchev–Trinajstić information content (AvgIpc) is 2.96. The highest BCUT2D eigenvalue weighted by Crippen LogP contribution is 2.42. The third-order valence-electron chi connectivity index (χ3n) is 8.46. The van der Waals surface area contributed by atoms with E-state index in [2.05, 4.69) is 101 Å². The Balaban J connectivity index is 1.23. The lowest BCUT2D eigenvalue weighted by Gasteiger charge is -2.48. The largest absolute Gasteiger partial charge is 0.444 e. The lowest BCUT2D eigenvalue weighted by Crippen LogP contribution is -2.54. The molecule has 0 aliphatic carbocycles. The van der Waals surface area contributed by atoms with Gasteiger partial charge in [0.25, 0.3) is 0 Å². The molecule has 5 rings (SSSR count). The maximum atomic E-state index is 13.1. The van der Waals surface area contributed by atoms with Gasteiger partial charge in [0.1, 0.15) is 5.60 Å². The minimum Gasteiger partial charge on any atom is -0.444 e. The monoisotopic (exact) mass is 571 g/mol. The minimum absolute atomic E-state index is 0.00633. The normalized spacial score (nSPS) is 17.8. The quantitative estimate of drug-likeness (QED) is 0.261. The summed E-state index contributed by atoms with van der Waals surface area (Å²) in [6.07, 6.45) is 3.04. The zero-order chi connectivity index (χ0) is 28.9. The molecule has 1 atom stereocenters. The average molecular weight is 572 g/mol. The Labute approximate surface area is 251 Å². The smallest absolute Gasteiger partial charge is 0.410 e. The lowest BCUT2D eigenvalue weighted by atomic mass is 9.69. The molecule has 2 heterocycles. The maximum Gasteiger partial charge on any atom is 0.410 e. The third-order valence-corrected chi connectivity index (χ3v) is 9.40. The molecule has 3 aromatic carbocycles. The summed E-state index contributed by atoms with van der Waals surface area (Å²) in [6, 6.07) is 30.3. The summed E-state index contributed by atoms with van der Waals surface area (Å²) in [5.41, 5.74) is 3.61. The highest BCUT2D eigenvalue weighted by molar-refractivity contribution is 7.97. The number of fused-ring (bicyclic) bond motifs is 2. The first-order valence-corrected chi connectivity index (χ1v) is 15.8. The van der Waals surface area contributed by atoms with Gasteiger partial charge >= 0.3 is 6.09 Å². The van der Waals surface area contributed by atoms with Crippen molar-refractivity contribution in [3.63, 3.8) is 0 Å². The van der Waals surface area contributed by atoms with Crippen LogP contribution >= 0.6 is 11.9 Å². The Bertz CT molecular complexity index is 1270. The Morgan fingerprint density at radius 3 is 2.27 bits per heavy atom. The van der Waals surface area contributed by atoms with Crippen LogP contribution in [-0.2, 0) is 16.7 Å². The molecule has 1 fully saturated rings. The molecule has 2 aliphatic rings. The zero-order valence-electron chi connectivity index (χ0n) is 25.1. The van der Waals surface area contributed by atoms with Crippen LogP contribution in [0, 0.1) is 0 Å².